The van der Waals surface area contributed by atoms with Crippen LogP contribution < -0.4 is 21.1 Å². The van der Waals surface area contributed by atoms with Gasteiger partial charge in [0.1, 0.15) is 12.2 Å². The molecule has 2 fully saturated rings. The maximum absolute atomic E-state index is 12.0. The molecule has 0 spiro atoms. The molecule has 1 amide bonds. The van der Waals surface area contributed by atoms with E-state index in [9.17, 15) is 36.6 Å². The molecular formula is C30H42F3N9O7S. The van der Waals surface area contributed by atoms with Crippen LogP contribution >= 0.6 is 0 Å². The Kier molecular flexibility index (Phi) is 12.6. The summed E-state index contributed by atoms with van der Waals surface area (Å²) in [7, 11) is -3.76. The third-order valence-corrected chi connectivity index (χ3v) is 9.63. The largest absolute Gasteiger partial charge is 0.490 e. The van der Waals surface area contributed by atoms with Crippen LogP contribution in [0.4, 0.5) is 24.9 Å². The number of amides is 1. The molecule has 276 valence electrons. The number of likely N-dealkylation sites (tertiary alicyclic amines) is 1. The number of likely N-dealkylation sites (N-methyl/N-ethyl adjacent to an activating group) is 1. The lowest BCUT2D eigenvalue weighted by molar-refractivity contribution is -0.192. The number of sulfonamides is 1. The number of imidazole rings is 1. The Hall–Kier alpha value is -4.11. The van der Waals surface area contributed by atoms with Gasteiger partial charge in [0, 0.05) is 25.6 Å². The number of nitrogens with one attached hydrogen (secondary N) is 3. The molecule has 1 aliphatic carbocycles. The van der Waals surface area contributed by atoms with E-state index in [4.69, 9.17) is 25.0 Å². The van der Waals surface area contributed by atoms with Gasteiger partial charge in [0.2, 0.25) is 21.9 Å². The van der Waals surface area contributed by atoms with E-state index in [0.717, 1.165) is 31.5 Å². The molecule has 0 bridgehead atoms. The molecule has 0 unspecified atom stereocenters. The standard InChI is InChI=1S/C28H41N9O5S.C2HF3O2/c1-3-22(38)33-20-14-21(25(40)24(20)39)37-16-32-23-26(30-12-11-17-7-9-19(10-8-17)43(29,41)42)34-28(35-27(23)37)31-15-18-6-5-13-36(18)4-2;3-2(4,5)1(6)7/h7-10,16,18,20-21,24-25,39-40H,3-6,11-15H2,1-2H3,(H,33,38)(H2,29,41,42)(H2,30,31,34,35);(H,6,7)/t18-,20+,21-,24-,25+;/m1./s1. The fraction of sp³-hybridized carbons (Fsp3) is 0.567. The number of aliphatic carboxylic acids is 1. The Balaban J connectivity index is 0.000000727. The number of hydrogen-bond donors (Lipinski definition) is 7. The number of rotatable bonds is 12. The van der Waals surface area contributed by atoms with Crippen LogP contribution in [0.3, 0.4) is 0 Å². The van der Waals surface area contributed by atoms with E-state index in [1.54, 1.807) is 30.0 Å². The summed E-state index contributed by atoms with van der Waals surface area (Å²) < 4.78 is 56.6. The van der Waals surface area contributed by atoms with E-state index in [1.165, 1.54) is 12.1 Å². The van der Waals surface area contributed by atoms with Gasteiger partial charge in [-0.15, -0.1) is 0 Å². The molecule has 16 nitrogen and oxygen atoms in total. The number of carboxylic acids is 1. The van der Waals surface area contributed by atoms with Gasteiger partial charge in [0.15, 0.2) is 17.0 Å². The van der Waals surface area contributed by atoms with Gasteiger partial charge < -0.3 is 35.8 Å². The van der Waals surface area contributed by atoms with Crippen molar-refractivity contribution >= 4 is 44.8 Å². The molecule has 8 N–H and O–H groups in total. The summed E-state index contributed by atoms with van der Waals surface area (Å²) in [5.41, 5.74) is 1.92. The Morgan fingerprint density at radius 2 is 1.76 bits per heavy atom. The van der Waals surface area contributed by atoms with Crippen molar-refractivity contribution in [3.05, 3.63) is 36.2 Å². The van der Waals surface area contributed by atoms with Crippen LogP contribution in [0.15, 0.2) is 35.5 Å². The molecule has 1 saturated heterocycles. The van der Waals surface area contributed by atoms with E-state index in [0.29, 0.717) is 54.9 Å². The molecule has 1 aliphatic heterocycles. The monoisotopic (exact) mass is 729 g/mol. The minimum atomic E-state index is -5.08. The molecule has 2 aromatic heterocycles. The predicted molar refractivity (Wildman–Crippen MR) is 176 cm³/mol. The quantitative estimate of drug-likeness (QED) is 0.139. The molecule has 3 heterocycles. The first-order valence-electron chi connectivity index (χ1n) is 16.1. The number of halogens is 3. The number of anilines is 2. The second kappa shape index (κ2) is 16.3. The third kappa shape index (κ3) is 9.56. The van der Waals surface area contributed by atoms with Gasteiger partial charge in [0.05, 0.1) is 23.3 Å². The third-order valence-electron chi connectivity index (χ3n) is 8.70. The molecule has 20 heteroatoms. The van der Waals surface area contributed by atoms with E-state index in [2.05, 4.69) is 32.8 Å². The number of alkyl halides is 3. The van der Waals surface area contributed by atoms with Gasteiger partial charge in [0.25, 0.3) is 0 Å². The van der Waals surface area contributed by atoms with Crippen LogP contribution in [0.25, 0.3) is 11.2 Å². The Labute approximate surface area is 286 Å². The number of nitrogens with zero attached hydrogens (tertiary/aromatic N) is 5. The predicted octanol–water partition coefficient (Wildman–Crippen LogP) is 1.22. The molecule has 3 aromatic rings. The maximum atomic E-state index is 12.0. The van der Waals surface area contributed by atoms with Crippen LogP contribution in [0, 0.1) is 0 Å². The van der Waals surface area contributed by atoms with E-state index >= 15 is 0 Å². The molecule has 1 aromatic carbocycles. The minimum absolute atomic E-state index is 0.0580. The number of carbonyl (C=O) groups excluding carboxylic acids is 1. The number of nitrogens with two attached hydrogens (primary N) is 1. The van der Waals surface area contributed by atoms with Gasteiger partial charge >= 0.3 is 12.1 Å². The number of fused-ring (bicyclic) bond motifs is 1. The number of primary sulfonamides is 1. The van der Waals surface area contributed by atoms with Crippen molar-refractivity contribution in [1.29, 1.82) is 0 Å². The SMILES string of the molecule is CCC(=O)N[C@H]1C[C@@H](n2cnc3c(NCCc4ccc(S(N)(=O)=O)cc4)nc(NC[C@H]4CCCN4CC)nc32)[C@H](O)[C@@H]1O.O=C(O)C(F)(F)F. The molecular weight excluding hydrogens is 687 g/mol. The smallest absolute Gasteiger partial charge is 0.475 e. The molecule has 0 radical (unpaired) electrons. The number of aliphatic hydroxyl groups excluding tert-OH is 2. The summed E-state index contributed by atoms with van der Waals surface area (Å²) in [5.74, 6) is -2.02. The summed E-state index contributed by atoms with van der Waals surface area (Å²) in [4.78, 5) is 37.5. The van der Waals surface area contributed by atoms with Crippen molar-refractivity contribution in [1.82, 2.24) is 29.7 Å². The van der Waals surface area contributed by atoms with Gasteiger partial charge in [-0.25, -0.2) is 23.3 Å². The summed E-state index contributed by atoms with van der Waals surface area (Å²) in [6, 6.07) is 5.64. The highest BCUT2D eigenvalue weighted by atomic mass is 32.2. The van der Waals surface area contributed by atoms with Crippen molar-refractivity contribution in [2.45, 2.75) is 87.4 Å². The first-order valence-corrected chi connectivity index (χ1v) is 17.6. The zero-order valence-electron chi connectivity index (χ0n) is 27.5. The van der Waals surface area contributed by atoms with Crippen molar-refractivity contribution in [3.63, 3.8) is 0 Å². The normalized spacial score (nSPS) is 22.6. The topological polar surface area (TPSA) is 238 Å². The zero-order chi connectivity index (χ0) is 36.8. The Bertz CT molecular complexity index is 1740. The van der Waals surface area contributed by atoms with Crippen molar-refractivity contribution in [2.75, 3.05) is 36.8 Å². The number of hydrogen-bond acceptors (Lipinski definition) is 12. The van der Waals surface area contributed by atoms with Crippen LogP contribution in [0.5, 0.6) is 0 Å². The number of aromatic nitrogens is 4. The van der Waals surface area contributed by atoms with Crippen molar-refractivity contribution in [3.8, 4) is 0 Å². The number of carbonyl (C=O) groups is 2. The first kappa shape index (κ1) is 38.7. The maximum Gasteiger partial charge on any atom is 0.490 e. The molecule has 5 atom stereocenters. The second-order valence-corrected chi connectivity index (χ2v) is 13.6. The molecule has 50 heavy (non-hydrogen) atoms. The minimum Gasteiger partial charge on any atom is -0.475 e. The average Bonchev–Trinajstić information content (AvgIpc) is 3.77. The fourth-order valence-electron chi connectivity index (χ4n) is 6.02. The highest BCUT2D eigenvalue weighted by Gasteiger charge is 2.44. The second-order valence-electron chi connectivity index (χ2n) is 12.0. The first-order chi connectivity index (χ1) is 23.5. The van der Waals surface area contributed by atoms with Crippen LogP contribution in [0.2, 0.25) is 0 Å². The average molecular weight is 730 g/mol. The lowest BCUT2D eigenvalue weighted by atomic mass is 10.1. The number of carboxylic acid groups (broad SMARTS) is 1. The molecule has 1 saturated carbocycles. The zero-order valence-corrected chi connectivity index (χ0v) is 28.3. The van der Waals surface area contributed by atoms with Gasteiger partial charge in [-0.2, -0.15) is 23.1 Å². The van der Waals surface area contributed by atoms with Crippen molar-refractivity contribution in [2.24, 2.45) is 5.14 Å². The molecule has 2 aliphatic rings. The fourth-order valence-corrected chi connectivity index (χ4v) is 6.54. The summed E-state index contributed by atoms with van der Waals surface area (Å²) >= 11 is 0. The van der Waals surface area contributed by atoms with Gasteiger partial charge in [-0.05, 0) is 56.5 Å². The highest BCUT2D eigenvalue weighted by Crippen LogP contribution is 2.34. The van der Waals surface area contributed by atoms with E-state index < -0.39 is 46.5 Å². The summed E-state index contributed by atoms with van der Waals surface area (Å²) in [6.45, 7) is 7.09. The Morgan fingerprint density at radius 3 is 2.36 bits per heavy atom. The lowest BCUT2D eigenvalue weighted by Crippen LogP contribution is -2.42. The molecule has 5 rings (SSSR count). The number of aliphatic hydroxyl groups is 2. The highest BCUT2D eigenvalue weighted by molar-refractivity contribution is 7.89. The summed E-state index contributed by atoms with van der Waals surface area (Å²) in [6.07, 6.45) is -2.33. The van der Waals surface area contributed by atoms with Crippen LogP contribution in [0.1, 0.15) is 51.1 Å². The lowest BCUT2D eigenvalue weighted by Gasteiger charge is -2.23. The van der Waals surface area contributed by atoms with E-state index in [1.807, 2.05) is 0 Å². The van der Waals surface area contributed by atoms with E-state index in [-0.39, 0.29) is 17.2 Å². The van der Waals surface area contributed by atoms with Gasteiger partial charge in [-0.3, -0.25) is 9.69 Å². The number of benzene rings is 1. The van der Waals surface area contributed by atoms with Gasteiger partial charge in [-0.1, -0.05) is 26.0 Å². The Morgan fingerprint density at radius 1 is 1.08 bits per heavy atom. The summed E-state index contributed by atoms with van der Waals surface area (Å²) in [5, 5.41) is 43.5. The van der Waals surface area contributed by atoms with Crippen LogP contribution in [-0.4, -0.2) is 117 Å². The van der Waals surface area contributed by atoms with Crippen LogP contribution in [-0.2, 0) is 26.0 Å². The van der Waals surface area contributed by atoms with Crippen molar-refractivity contribution < 1.29 is 46.5 Å².